The average molecular weight is 289 g/mol. The predicted octanol–water partition coefficient (Wildman–Crippen LogP) is 1.90. The summed E-state index contributed by atoms with van der Waals surface area (Å²) < 4.78 is 0. The molecule has 2 aromatic heterocycles. The normalized spacial score (nSPS) is 17.4. The number of nitrogen functional groups attached to an aromatic ring is 1. The first-order chi connectivity index (χ1) is 9.99. The van der Waals surface area contributed by atoms with Crippen molar-refractivity contribution in [2.45, 2.75) is 33.6 Å². The average Bonchev–Trinajstić information content (AvgIpc) is 2.93. The van der Waals surface area contributed by atoms with Crippen LogP contribution in [0.3, 0.4) is 0 Å². The minimum absolute atomic E-state index is 0.368. The fourth-order valence-corrected chi connectivity index (χ4v) is 3.08. The maximum absolute atomic E-state index is 5.46. The van der Waals surface area contributed by atoms with Crippen LogP contribution in [0, 0.1) is 11.3 Å². The second-order valence-corrected chi connectivity index (χ2v) is 6.77. The third kappa shape index (κ3) is 2.65. The molecule has 0 radical (unpaired) electrons. The SMILES string of the molecule is CC(C)(C)C1CCN(c2nc(NN)nc3[nH]ncc23)CC1. The van der Waals surface area contributed by atoms with Crippen LogP contribution in [0.15, 0.2) is 6.20 Å². The van der Waals surface area contributed by atoms with E-state index in [0.717, 1.165) is 30.2 Å². The van der Waals surface area contributed by atoms with Crippen molar-refractivity contribution in [3.8, 4) is 0 Å². The Kier molecular flexibility index (Phi) is 3.44. The van der Waals surface area contributed by atoms with Crippen LogP contribution < -0.4 is 16.2 Å². The quantitative estimate of drug-likeness (QED) is 0.577. The highest BCUT2D eigenvalue weighted by atomic mass is 15.3. The highest BCUT2D eigenvalue weighted by Crippen LogP contribution is 2.36. The van der Waals surface area contributed by atoms with Gasteiger partial charge >= 0.3 is 0 Å². The smallest absolute Gasteiger partial charge is 0.241 e. The van der Waals surface area contributed by atoms with Gasteiger partial charge in [0.1, 0.15) is 5.82 Å². The van der Waals surface area contributed by atoms with Gasteiger partial charge in [0, 0.05) is 13.1 Å². The van der Waals surface area contributed by atoms with Crippen LogP contribution in [0.2, 0.25) is 0 Å². The van der Waals surface area contributed by atoms with Gasteiger partial charge in [-0.2, -0.15) is 15.1 Å². The van der Waals surface area contributed by atoms with Crippen LogP contribution in [-0.2, 0) is 0 Å². The van der Waals surface area contributed by atoms with Crippen molar-refractivity contribution in [1.82, 2.24) is 20.2 Å². The molecule has 1 aliphatic rings. The van der Waals surface area contributed by atoms with Crippen LogP contribution in [0.25, 0.3) is 11.0 Å². The number of nitrogens with two attached hydrogens (primary N) is 1. The maximum atomic E-state index is 5.46. The van der Waals surface area contributed by atoms with Crippen LogP contribution in [0.1, 0.15) is 33.6 Å². The lowest BCUT2D eigenvalue weighted by molar-refractivity contribution is 0.199. The first-order valence-electron chi connectivity index (χ1n) is 7.41. The summed E-state index contributed by atoms with van der Waals surface area (Å²) in [6, 6.07) is 0. The molecule has 2 aromatic rings. The fourth-order valence-electron chi connectivity index (χ4n) is 3.08. The van der Waals surface area contributed by atoms with Crippen LogP contribution in [0.5, 0.6) is 0 Å². The number of hydrogen-bond acceptors (Lipinski definition) is 6. The van der Waals surface area contributed by atoms with E-state index in [9.17, 15) is 0 Å². The molecule has 7 heteroatoms. The Morgan fingerprint density at radius 2 is 2.00 bits per heavy atom. The molecule has 21 heavy (non-hydrogen) atoms. The molecule has 1 saturated heterocycles. The molecule has 0 aliphatic carbocycles. The fraction of sp³-hybridized carbons (Fsp3) is 0.643. The topological polar surface area (TPSA) is 95.8 Å². The summed E-state index contributed by atoms with van der Waals surface area (Å²) in [6.45, 7) is 8.97. The Labute approximate surface area is 124 Å². The van der Waals surface area contributed by atoms with E-state index in [1.807, 2.05) is 0 Å². The van der Waals surface area contributed by atoms with Gasteiger partial charge in [-0.15, -0.1) is 0 Å². The number of anilines is 2. The van der Waals surface area contributed by atoms with E-state index in [-0.39, 0.29) is 0 Å². The van der Waals surface area contributed by atoms with Crippen molar-refractivity contribution in [1.29, 1.82) is 0 Å². The zero-order valence-electron chi connectivity index (χ0n) is 12.8. The third-order valence-electron chi connectivity index (χ3n) is 4.44. The highest BCUT2D eigenvalue weighted by Gasteiger charge is 2.30. The van der Waals surface area contributed by atoms with Crippen molar-refractivity contribution in [3.63, 3.8) is 0 Å². The van der Waals surface area contributed by atoms with E-state index < -0.39 is 0 Å². The number of piperidine rings is 1. The number of hydrogen-bond donors (Lipinski definition) is 3. The Morgan fingerprint density at radius 3 is 2.62 bits per heavy atom. The summed E-state index contributed by atoms with van der Waals surface area (Å²) in [5.41, 5.74) is 3.61. The largest absolute Gasteiger partial charge is 0.356 e. The highest BCUT2D eigenvalue weighted by molar-refractivity contribution is 5.87. The van der Waals surface area contributed by atoms with E-state index >= 15 is 0 Å². The monoisotopic (exact) mass is 289 g/mol. The molecule has 3 rings (SSSR count). The number of nitrogens with one attached hydrogen (secondary N) is 2. The maximum Gasteiger partial charge on any atom is 0.241 e. The van der Waals surface area contributed by atoms with Crippen molar-refractivity contribution in [2.24, 2.45) is 17.2 Å². The van der Waals surface area contributed by atoms with E-state index in [1.54, 1.807) is 6.20 Å². The summed E-state index contributed by atoms with van der Waals surface area (Å²) in [7, 11) is 0. The first kappa shape index (κ1) is 14.1. The van der Waals surface area contributed by atoms with Gasteiger partial charge in [-0.25, -0.2) is 5.84 Å². The molecular formula is C14H23N7. The molecular weight excluding hydrogens is 266 g/mol. The number of rotatable bonds is 2. The van der Waals surface area contributed by atoms with Crippen LogP contribution in [0.4, 0.5) is 11.8 Å². The van der Waals surface area contributed by atoms with Crippen molar-refractivity contribution >= 4 is 22.8 Å². The Morgan fingerprint density at radius 1 is 1.29 bits per heavy atom. The van der Waals surface area contributed by atoms with Gasteiger partial charge in [0.15, 0.2) is 5.65 Å². The number of aromatic amines is 1. The predicted molar refractivity (Wildman–Crippen MR) is 83.9 cm³/mol. The molecule has 7 nitrogen and oxygen atoms in total. The third-order valence-corrected chi connectivity index (χ3v) is 4.44. The molecule has 0 atom stereocenters. The van der Waals surface area contributed by atoms with Crippen molar-refractivity contribution in [2.75, 3.05) is 23.4 Å². The van der Waals surface area contributed by atoms with Gasteiger partial charge in [-0.05, 0) is 24.2 Å². The number of fused-ring (bicyclic) bond motifs is 1. The molecule has 0 unspecified atom stereocenters. The standard InChI is InChI=1S/C14H23N7/c1-14(2,3)9-4-6-21(7-5-9)12-10-8-16-20-11(10)17-13(18-12)19-15/h8-9H,4-7,15H2,1-3H3,(H2,16,17,18,19,20). The van der Waals surface area contributed by atoms with Gasteiger partial charge in [0.05, 0.1) is 11.6 Å². The van der Waals surface area contributed by atoms with E-state index in [0.29, 0.717) is 17.0 Å². The molecule has 0 aromatic carbocycles. The van der Waals surface area contributed by atoms with E-state index in [4.69, 9.17) is 5.84 Å². The minimum Gasteiger partial charge on any atom is -0.356 e. The molecule has 0 amide bonds. The van der Waals surface area contributed by atoms with Gasteiger partial charge in [0.2, 0.25) is 5.95 Å². The first-order valence-corrected chi connectivity index (χ1v) is 7.41. The molecule has 1 fully saturated rings. The van der Waals surface area contributed by atoms with E-state index in [2.05, 4.69) is 51.3 Å². The summed E-state index contributed by atoms with van der Waals surface area (Å²) >= 11 is 0. The number of aromatic nitrogens is 4. The zero-order chi connectivity index (χ0) is 15.0. The van der Waals surface area contributed by atoms with Crippen molar-refractivity contribution in [3.05, 3.63) is 6.20 Å². The summed E-state index contributed by atoms with van der Waals surface area (Å²) in [6.07, 6.45) is 4.14. The molecule has 0 saturated carbocycles. The molecule has 3 heterocycles. The molecule has 114 valence electrons. The second kappa shape index (κ2) is 5.14. The Bertz CT molecular complexity index is 620. The molecule has 1 aliphatic heterocycles. The molecule has 4 N–H and O–H groups in total. The van der Waals surface area contributed by atoms with Gasteiger partial charge < -0.3 is 4.90 Å². The Hall–Kier alpha value is -1.89. The van der Waals surface area contributed by atoms with Gasteiger partial charge in [-0.1, -0.05) is 20.8 Å². The van der Waals surface area contributed by atoms with Gasteiger partial charge in [0.25, 0.3) is 0 Å². The number of nitrogens with zero attached hydrogens (tertiary/aromatic N) is 4. The number of hydrazine groups is 1. The van der Waals surface area contributed by atoms with Crippen molar-refractivity contribution < 1.29 is 0 Å². The van der Waals surface area contributed by atoms with Crippen LogP contribution >= 0.6 is 0 Å². The summed E-state index contributed by atoms with van der Waals surface area (Å²) in [5.74, 6) is 7.54. The van der Waals surface area contributed by atoms with Gasteiger partial charge in [-0.3, -0.25) is 10.5 Å². The second-order valence-electron chi connectivity index (χ2n) is 6.77. The Balaban J connectivity index is 1.86. The lowest BCUT2D eigenvalue weighted by Gasteiger charge is -2.39. The lowest BCUT2D eigenvalue weighted by atomic mass is 9.75. The zero-order valence-corrected chi connectivity index (χ0v) is 12.8. The minimum atomic E-state index is 0.368. The lowest BCUT2D eigenvalue weighted by Crippen LogP contribution is -2.38. The molecule has 0 bridgehead atoms. The molecule has 0 spiro atoms. The van der Waals surface area contributed by atoms with E-state index in [1.165, 1.54) is 12.8 Å². The summed E-state index contributed by atoms with van der Waals surface area (Å²) in [4.78, 5) is 11.1. The number of H-pyrrole nitrogens is 1. The summed E-state index contributed by atoms with van der Waals surface area (Å²) in [5, 5.41) is 7.89. The van der Waals surface area contributed by atoms with Crippen LogP contribution in [-0.4, -0.2) is 33.3 Å².